The van der Waals surface area contributed by atoms with E-state index < -0.39 is 11.6 Å². The van der Waals surface area contributed by atoms with Gasteiger partial charge in [-0.1, -0.05) is 11.3 Å². The number of thiazole rings is 1. The number of nitrogens with zero attached hydrogens (tertiary/aromatic N) is 5. The van der Waals surface area contributed by atoms with Gasteiger partial charge in [-0.05, 0) is 36.4 Å². The molecule has 2 aromatic carbocycles. The van der Waals surface area contributed by atoms with Gasteiger partial charge in [0.05, 0.1) is 5.69 Å². The van der Waals surface area contributed by atoms with Crippen LogP contribution >= 0.6 is 11.3 Å². The molecule has 1 saturated heterocycles. The minimum atomic E-state index is -0.598. The second-order valence-corrected chi connectivity index (χ2v) is 8.13. The van der Waals surface area contributed by atoms with Crippen LogP contribution < -0.4 is 15.5 Å². The van der Waals surface area contributed by atoms with Crippen LogP contribution in [-0.4, -0.2) is 41.1 Å². The van der Waals surface area contributed by atoms with Crippen molar-refractivity contribution in [2.75, 3.05) is 41.7 Å². The monoisotopic (exact) mass is 442 g/mol. The Bertz CT molecular complexity index is 1250. The van der Waals surface area contributed by atoms with Crippen molar-refractivity contribution in [2.45, 2.75) is 0 Å². The fourth-order valence-electron chi connectivity index (χ4n) is 3.66. The van der Waals surface area contributed by atoms with Crippen molar-refractivity contribution in [3.05, 3.63) is 59.9 Å². The predicted molar refractivity (Wildman–Crippen MR) is 116 cm³/mol. The van der Waals surface area contributed by atoms with Crippen LogP contribution in [0.1, 0.15) is 0 Å². The molecule has 0 saturated carbocycles. The van der Waals surface area contributed by atoms with E-state index in [1.54, 1.807) is 12.1 Å². The number of hydrogen-bond acceptors (Lipinski definition) is 7. The van der Waals surface area contributed by atoms with Crippen molar-refractivity contribution >= 4 is 39.1 Å². The van der Waals surface area contributed by atoms with Gasteiger partial charge < -0.3 is 15.5 Å². The maximum atomic E-state index is 14.1. The van der Waals surface area contributed by atoms with Crippen LogP contribution in [0.4, 0.5) is 30.6 Å². The lowest BCUT2D eigenvalue weighted by atomic mass is 10.2. The Morgan fingerprint density at radius 2 is 1.48 bits per heavy atom. The second-order valence-electron chi connectivity index (χ2n) is 7.15. The standard InChI is InChI=1S/C21H17F3N6S/c22-13-3-1-12(2-4-13)19-26-17-18(27-21(25)28-20(17)31-19)30-9-7-29(8-10-30)16-6-5-14(23)11-15(16)24/h1-6,11H,7-10H2,(H2,25,27,28). The minimum Gasteiger partial charge on any atom is -0.368 e. The summed E-state index contributed by atoms with van der Waals surface area (Å²) in [5.74, 6) is -0.731. The molecule has 2 aromatic heterocycles. The molecule has 3 heterocycles. The molecule has 0 radical (unpaired) electrons. The van der Waals surface area contributed by atoms with E-state index in [0.29, 0.717) is 53.0 Å². The van der Waals surface area contributed by atoms with Gasteiger partial charge in [-0.15, -0.1) is 0 Å². The number of rotatable bonds is 3. The molecule has 0 amide bonds. The van der Waals surface area contributed by atoms with Gasteiger partial charge in [0, 0.05) is 37.8 Å². The summed E-state index contributed by atoms with van der Waals surface area (Å²) < 4.78 is 40.6. The quantitative estimate of drug-likeness (QED) is 0.516. The molecule has 0 spiro atoms. The number of piperazine rings is 1. The van der Waals surface area contributed by atoms with Crippen LogP contribution in [0.15, 0.2) is 42.5 Å². The topological polar surface area (TPSA) is 71.2 Å². The highest BCUT2D eigenvalue weighted by Crippen LogP contribution is 2.34. The molecule has 31 heavy (non-hydrogen) atoms. The molecule has 1 aliphatic heterocycles. The normalized spacial score (nSPS) is 14.4. The minimum absolute atomic E-state index is 0.142. The zero-order valence-electron chi connectivity index (χ0n) is 16.2. The molecule has 158 valence electrons. The molecule has 0 unspecified atom stereocenters. The number of fused-ring (bicyclic) bond motifs is 1. The fraction of sp³-hybridized carbons (Fsp3) is 0.190. The van der Waals surface area contributed by atoms with Crippen molar-refractivity contribution in [2.24, 2.45) is 0 Å². The molecule has 0 aliphatic carbocycles. The summed E-state index contributed by atoms with van der Waals surface area (Å²) in [7, 11) is 0. The van der Waals surface area contributed by atoms with Gasteiger partial charge >= 0.3 is 0 Å². The third-order valence-electron chi connectivity index (χ3n) is 5.18. The number of nitrogens with two attached hydrogens (primary N) is 1. The molecule has 6 nitrogen and oxygen atoms in total. The molecule has 4 aromatic rings. The van der Waals surface area contributed by atoms with Crippen molar-refractivity contribution < 1.29 is 13.2 Å². The Labute approximate surface area is 179 Å². The molecular formula is C21H17F3N6S. The first kappa shape index (κ1) is 19.6. The van der Waals surface area contributed by atoms with Crippen molar-refractivity contribution in [1.82, 2.24) is 15.0 Å². The summed E-state index contributed by atoms with van der Waals surface area (Å²) in [4.78, 5) is 18.0. The molecule has 5 rings (SSSR count). The van der Waals surface area contributed by atoms with Crippen LogP contribution in [0.3, 0.4) is 0 Å². The Hall–Kier alpha value is -3.40. The molecule has 2 N–H and O–H groups in total. The number of aromatic nitrogens is 3. The third-order valence-corrected chi connectivity index (χ3v) is 6.18. The smallest absolute Gasteiger partial charge is 0.223 e. The number of hydrogen-bond donors (Lipinski definition) is 1. The summed E-state index contributed by atoms with van der Waals surface area (Å²) in [6.07, 6.45) is 0. The first-order valence-corrected chi connectivity index (χ1v) is 10.4. The van der Waals surface area contributed by atoms with Crippen LogP contribution in [0.25, 0.3) is 20.9 Å². The molecule has 0 atom stereocenters. The van der Waals surface area contributed by atoms with Crippen LogP contribution in [0, 0.1) is 17.5 Å². The Balaban J connectivity index is 1.43. The number of anilines is 3. The predicted octanol–water partition coefficient (Wildman–Crippen LogP) is 4.08. The summed E-state index contributed by atoms with van der Waals surface area (Å²) in [6.45, 7) is 2.18. The van der Waals surface area contributed by atoms with Gasteiger partial charge in [0.15, 0.2) is 10.6 Å². The molecule has 0 bridgehead atoms. The third kappa shape index (κ3) is 3.74. The summed E-state index contributed by atoms with van der Waals surface area (Å²) in [5, 5.41) is 0.697. The second kappa shape index (κ2) is 7.69. The zero-order chi connectivity index (χ0) is 21.5. The highest BCUT2D eigenvalue weighted by atomic mass is 32.1. The average Bonchev–Trinajstić information content (AvgIpc) is 3.18. The van der Waals surface area contributed by atoms with Crippen molar-refractivity contribution in [3.8, 4) is 10.6 Å². The summed E-state index contributed by atoms with van der Waals surface area (Å²) in [6, 6.07) is 9.70. The molecule has 10 heteroatoms. The largest absolute Gasteiger partial charge is 0.368 e. The van der Waals surface area contributed by atoms with Gasteiger partial charge in [-0.25, -0.2) is 23.1 Å². The lowest BCUT2D eigenvalue weighted by Crippen LogP contribution is -2.47. The highest BCUT2D eigenvalue weighted by molar-refractivity contribution is 7.21. The first-order valence-electron chi connectivity index (χ1n) is 9.63. The van der Waals surface area contributed by atoms with Crippen molar-refractivity contribution in [1.29, 1.82) is 0 Å². The van der Waals surface area contributed by atoms with E-state index in [9.17, 15) is 13.2 Å². The van der Waals surface area contributed by atoms with E-state index >= 15 is 0 Å². The molecule has 1 aliphatic rings. The van der Waals surface area contributed by atoms with E-state index in [4.69, 9.17) is 5.73 Å². The fourth-order valence-corrected chi connectivity index (χ4v) is 4.60. The summed E-state index contributed by atoms with van der Waals surface area (Å²) in [5.41, 5.74) is 7.72. The van der Waals surface area contributed by atoms with Gasteiger partial charge in [-0.2, -0.15) is 4.98 Å². The van der Waals surface area contributed by atoms with E-state index in [2.05, 4.69) is 15.0 Å². The maximum Gasteiger partial charge on any atom is 0.223 e. The van der Waals surface area contributed by atoms with Crippen LogP contribution in [-0.2, 0) is 0 Å². The molecular weight excluding hydrogens is 425 g/mol. The van der Waals surface area contributed by atoms with E-state index in [0.717, 1.165) is 11.6 Å². The summed E-state index contributed by atoms with van der Waals surface area (Å²) >= 11 is 1.36. The zero-order valence-corrected chi connectivity index (χ0v) is 17.0. The Morgan fingerprint density at radius 3 is 2.19 bits per heavy atom. The highest BCUT2D eigenvalue weighted by Gasteiger charge is 2.24. The van der Waals surface area contributed by atoms with Gasteiger partial charge in [0.25, 0.3) is 0 Å². The lowest BCUT2D eigenvalue weighted by molar-refractivity contribution is 0.570. The maximum absolute atomic E-state index is 14.1. The van der Waals surface area contributed by atoms with E-state index in [-0.39, 0.29) is 11.8 Å². The Kier molecular flexibility index (Phi) is 4.85. The number of benzene rings is 2. The van der Waals surface area contributed by atoms with Gasteiger partial charge in [0.1, 0.15) is 28.0 Å². The molecule has 1 fully saturated rings. The SMILES string of the molecule is Nc1nc(N2CCN(c3ccc(F)cc3F)CC2)c2nc(-c3ccc(F)cc3)sc2n1. The number of halogens is 3. The average molecular weight is 442 g/mol. The Morgan fingerprint density at radius 1 is 0.806 bits per heavy atom. The van der Waals surface area contributed by atoms with E-state index in [1.165, 1.54) is 35.6 Å². The van der Waals surface area contributed by atoms with Crippen LogP contribution in [0.5, 0.6) is 0 Å². The van der Waals surface area contributed by atoms with Crippen molar-refractivity contribution in [3.63, 3.8) is 0 Å². The lowest BCUT2D eigenvalue weighted by Gasteiger charge is -2.36. The van der Waals surface area contributed by atoms with Crippen LogP contribution in [0.2, 0.25) is 0 Å². The van der Waals surface area contributed by atoms with Gasteiger partial charge in [-0.3, -0.25) is 0 Å². The number of nitrogen functional groups attached to an aromatic ring is 1. The van der Waals surface area contributed by atoms with Gasteiger partial charge in [0.2, 0.25) is 5.95 Å². The first-order chi connectivity index (χ1) is 15.0. The van der Waals surface area contributed by atoms with E-state index in [1.807, 2.05) is 9.80 Å².